The van der Waals surface area contributed by atoms with Crippen LogP contribution in [0.15, 0.2) is 24.3 Å². The maximum atomic E-state index is 12.6. The molecule has 0 bridgehead atoms. The van der Waals surface area contributed by atoms with Crippen LogP contribution in [0.1, 0.15) is 213 Å². The molecule has 0 spiro atoms. The van der Waals surface area contributed by atoms with Gasteiger partial charge in [-0.2, -0.15) is 0 Å². The van der Waals surface area contributed by atoms with E-state index in [0.29, 0.717) is 0 Å². The summed E-state index contributed by atoms with van der Waals surface area (Å²) >= 11 is 0. The van der Waals surface area contributed by atoms with Gasteiger partial charge in [0.05, 0.1) is 5.41 Å². The molecule has 0 fully saturated rings. The van der Waals surface area contributed by atoms with E-state index in [0.717, 1.165) is 32.2 Å². The molecule has 0 aromatic heterocycles. The van der Waals surface area contributed by atoms with E-state index in [1.54, 1.807) is 0 Å². The number of unbranched alkanes of at least 4 members (excludes halogenated alkanes) is 24. The van der Waals surface area contributed by atoms with Crippen molar-refractivity contribution < 1.29 is 9.90 Å². The predicted molar refractivity (Wildman–Crippen MR) is 206 cm³/mol. The van der Waals surface area contributed by atoms with Crippen LogP contribution >= 0.6 is 0 Å². The summed E-state index contributed by atoms with van der Waals surface area (Å²) in [6, 6.07) is 0. The highest BCUT2D eigenvalue weighted by Crippen LogP contribution is 2.38. The molecule has 3 nitrogen and oxygen atoms in total. The molecule has 0 radical (unpaired) electrons. The molecule has 0 aliphatic carbocycles. The number of carboxylic acids is 1. The number of hydrogen-bond donors (Lipinski definition) is 1. The van der Waals surface area contributed by atoms with Gasteiger partial charge in [0.1, 0.15) is 0 Å². The van der Waals surface area contributed by atoms with Crippen LogP contribution in [0.4, 0.5) is 0 Å². The molecule has 0 amide bonds. The van der Waals surface area contributed by atoms with E-state index in [4.69, 9.17) is 0 Å². The van der Waals surface area contributed by atoms with Crippen LogP contribution in [0.3, 0.4) is 0 Å². The van der Waals surface area contributed by atoms with Crippen LogP contribution in [0.5, 0.6) is 0 Å². The fraction of sp³-hybridized carbons (Fsp3) is 0.884. The molecule has 2 atom stereocenters. The molecule has 0 aliphatic heterocycles. The molecular weight excluding hydrogens is 562 g/mol. The Hall–Kier alpha value is -1.09. The van der Waals surface area contributed by atoms with Gasteiger partial charge in [-0.25, -0.2) is 0 Å². The molecule has 0 aromatic rings. The number of carbonyl (C=O) groups is 1. The topological polar surface area (TPSA) is 40.5 Å². The average molecular weight is 646 g/mol. The van der Waals surface area contributed by atoms with Crippen LogP contribution in [0.2, 0.25) is 0 Å². The lowest BCUT2D eigenvalue weighted by Crippen LogP contribution is -2.41. The SMILES string of the molecule is CCCCCCCC/C=C\CCCCCCCCC(CN(C)C)C(C)(CCCCCCCC/C=C\CCCCCCCC)C(=O)O. The Balaban J connectivity index is 4.08. The second-order valence-electron chi connectivity index (χ2n) is 15.1. The van der Waals surface area contributed by atoms with E-state index in [2.05, 4.69) is 57.1 Å². The summed E-state index contributed by atoms with van der Waals surface area (Å²) in [5.41, 5.74) is -0.618. The van der Waals surface area contributed by atoms with Crippen LogP contribution in [-0.2, 0) is 4.79 Å². The van der Waals surface area contributed by atoms with E-state index in [-0.39, 0.29) is 5.92 Å². The Morgan fingerprint density at radius 2 is 0.870 bits per heavy atom. The highest BCUT2D eigenvalue weighted by molar-refractivity contribution is 5.74. The van der Waals surface area contributed by atoms with E-state index < -0.39 is 11.4 Å². The van der Waals surface area contributed by atoms with Gasteiger partial charge in [0.15, 0.2) is 0 Å². The van der Waals surface area contributed by atoms with Gasteiger partial charge in [-0.15, -0.1) is 0 Å². The third-order valence-electron chi connectivity index (χ3n) is 10.2. The Morgan fingerprint density at radius 3 is 1.22 bits per heavy atom. The first-order chi connectivity index (χ1) is 22.4. The Kier molecular flexibility index (Phi) is 33.0. The van der Waals surface area contributed by atoms with Gasteiger partial charge in [0, 0.05) is 6.54 Å². The van der Waals surface area contributed by atoms with Crippen molar-refractivity contribution in [3.63, 3.8) is 0 Å². The number of aliphatic carboxylic acids is 1. The Bertz CT molecular complexity index is 699. The molecule has 0 saturated carbocycles. The van der Waals surface area contributed by atoms with Gasteiger partial charge < -0.3 is 10.0 Å². The van der Waals surface area contributed by atoms with Gasteiger partial charge >= 0.3 is 5.97 Å². The molecule has 46 heavy (non-hydrogen) atoms. The molecule has 0 aliphatic rings. The molecule has 3 heteroatoms. The van der Waals surface area contributed by atoms with Crippen molar-refractivity contribution in [2.24, 2.45) is 11.3 Å². The van der Waals surface area contributed by atoms with Crippen molar-refractivity contribution >= 4 is 5.97 Å². The summed E-state index contributed by atoms with van der Waals surface area (Å²) < 4.78 is 0. The van der Waals surface area contributed by atoms with Gasteiger partial charge in [0.2, 0.25) is 0 Å². The maximum Gasteiger partial charge on any atom is 0.309 e. The zero-order valence-electron chi connectivity index (χ0n) is 32.1. The standard InChI is InChI=1S/C43H83NO2/c1-6-8-10-12-14-16-18-20-22-24-26-28-30-32-34-36-38-41(40-44(4)5)43(3,42(45)46)39-37-35-33-31-29-27-25-23-21-19-17-15-13-11-9-7-2/h20-23,41H,6-19,24-40H2,1-5H3,(H,45,46)/b22-20-,23-21-. The molecule has 0 rings (SSSR count). The van der Waals surface area contributed by atoms with Gasteiger partial charge in [-0.3, -0.25) is 4.79 Å². The Labute approximate surface area is 289 Å². The molecule has 272 valence electrons. The largest absolute Gasteiger partial charge is 0.481 e. The van der Waals surface area contributed by atoms with Gasteiger partial charge in [-0.05, 0) is 91.1 Å². The lowest BCUT2D eigenvalue weighted by Gasteiger charge is -2.36. The van der Waals surface area contributed by atoms with Gasteiger partial charge in [-0.1, -0.05) is 167 Å². The minimum absolute atomic E-state index is 0.222. The number of allylic oxidation sites excluding steroid dienone is 4. The van der Waals surface area contributed by atoms with Crippen LogP contribution in [-0.4, -0.2) is 36.6 Å². The number of carboxylic acid groups (broad SMARTS) is 1. The predicted octanol–water partition coefficient (Wildman–Crippen LogP) is 14.1. The van der Waals surface area contributed by atoms with E-state index in [9.17, 15) is 9.90 Å². The zero-order valence-corrected chi connectivity index (χ0v) is 32.1. The first kappa shape index (κ1) is 44.9. The first-order valence-corrected chi connectivity index (χ1v) is 20.6. The third-order valence-corrected chi connectivity index (χ3v) is 10.2. The van der Waals surface area contributed by atoms with Gasteiger partial charge in [0.25, 0.3) is 0 Å². The molecule has 0 saturated heterocycles. The highest BCUT2D eigenvalue weighted by atomic mass is 16.4. The molecule has 2 unspecified atom stereocenters. The molecular formula is C43H83NO2. The zero-order chi connectivity index (χ0) is 34.0. The lowest BCUT2D eigenvalue weighted by molar-refractivity contribution is -0.152. The normalized spacial score (nSPS) is 14.1. The van der Waals surface area contributed by atoms with Crippen molar-refractivity contribution in [1.82, 2.24) is 4.90 Å². The number of rotatable bonds is 36. The fourth-order valence-electron chi connectivity index (χ4n) is 6.92. The summed E-state index contributed by atoms with van der Waals surface area (Å²) in [5.74, 6) is -0.364. The minimum Gasteiger partial charge on any atom is -0.481 e. The molecule has 1 N–H and O–H groups in total. The van der Waals surface area contributed by atoms with E-state index in [1.807, 2.05) is 6.92 Å². The summed E-state index contributed by atoms with van der Waals surface area (Å²) in [6.07, 6.45) is 47.9. The third kappa shape index (κ3) is 28.0. The maximum absolute atomic E-state index is 12.6. The van der Waals surface area contributed by atoms with Crippen LogP contribution in [0, 0.1) is 11.3 Å². The van der Waals surface area contributed by atoms with Crippen molar-refractivity contribution in [2.45, 2.75) is 213 Å². The van der Waals surface area contributed by atoms with Crippen molar-refractivity contribution in [1.29, 1.82) is 0 Å². The van der Waals surface area contributed by atoms with E-state index in [1.165, 1.54) is 167 Å². The Morgan fingerprint density at radius 1 is 0.543 bits per heavy atom. The first-order valence-electron chi connectivity index (χ1n) is 20.6. The summed E-state index contributed by atoms with van der Waals surface area (Å²) in [7, 11) is 4.20. The van der Waals surface area contributed by atoms with Crippen molar-refractivity contribution in [2.75, 3.05) is 20.6 Å². The molecule has 0 heterocycles. The highest BCUT2D eigenvalue weighted by Gasteiger charge is 2.40. The minimum atomic E-state index is -0.618. The second kappa shape index (κ2) is 33.8. The van der Waals surface area contributed by atoms with Crippen molar-refractivity contribution in [3.8, 4) is 0 Å². The van der Waals surface area contributed by atoms with Crippen LogP contribution < -0.4 is 0 Å². The van der Waals surface area contributed by atoms with Crippen molar-refractivity contribution in [3.05, 3.63) is 24.3 Å². The number of hydrogen-bond acceptors (Lipinski definition) is 2. The molecule has 0 aromatic carbocycles. The van der Waals surface area contributed by atoms with E-state index >= 15 is 0 Å². The number of nitrogens with zero attached hydrogens (tertiary/aromatic N) is 1. The lowest BCUT2D eigenvalue weighted by atomic mass is 9.71. The summed E-state index contributed by atoms with van der Waals surface area (Å²) in [6.45, 7) is 7.48. The smallest absolute Gasteiger partial charge is 0.309 e. The van der Waals surface area contributed by atoms with Crippen LogP contribution in [0.25, 0.3) is 0 Å². The average Bonchev–Trinajstić information content (AvgIpc) is 3.03. The monoisotopic (exact) mass is 646 g/mol. The summed E-state index contributed by atoms with van der Waals surface area (Å²) in [4.78, 5) is 14.8. The second-order valence-corrected chi connectivity index (χ2v) is 15.1. The summed E-state index contributed by atoms with van der Waals surface area (Å²) in [5, 5.41) is 10.3. The quantitative estimate of drug-likeness (QED) is 0.0544. The fourth-order valence-corrected chi connectivity index (χ4v) is 6.92.